The maximum Gasteiger partial charge on any atom is 0.143 e. The molecule has 12 rings (SSSR count). The van der Waals surface area contributed by atoms with Crippen LogP contribution in [-0.2, 0) is 5.41 Å². The molecule has 0 N–H and O–H groups in total. The fraction of sp³-hybridized carbons (Fsp3) is 0.246. The van der Waals surface area contributed by atoms with Crippen molar-refractivity contribution in [3.63, 3.8) is 0 Å². The van der Waals surface area contributed by atoms with E-state index in [-0.39, 0.29) is 147 Å². The van der Waals surface area contributed by atoms with Gasteiger partial charge in [0.2, 0.25) is 0 Å². The first-order chi connectivity index (χ1) is 43.9. The number of benzene rings is 9. The molecule has 1 aliphatic carbocycles. The molecule has 0 spiro atoms. The first-order valence-electron chi connectivity index (χ1n) is 35.5. The molecule has 2 aromatic heterocycles. The van der Waals surface area contributed by atoms with Crippen LogP contribution in [0.4, 0.5) is 17.1 Å². The third-order valence-corrected chi connectivity index (χ3v) is 15.2. The van der Waals surface area contributed by atoms with Gasteiger partial charge in [0.1, 0.15) is 22.3 Å². The number of rotatable bonds is 6. The topological polar surface area (TPSA) is 29.5 Å². The van der Waals surface area contributed by atoms with E-state index >= 15 is 0 Å². The van der Waals surface area contributed by atoms with E-state index in [9.17, 15) is 20.6 Å². The van der Waals surface area contributed by atoms with E-state index in [0.29, 0.717) is 22.3 Å². The molecule has 0 saturated heterocycles. The minimum absolute atomic E-state index is 0.0119. The van der Waals surface area contributed by atoms with E-state index in [2.05, 4.69) is 0 Å². The monoisotopic (exact) mass is 963 g/mol. The van der Waals surface area contributed by atoms with Crippen LogP contribution in [0.1, 0.15) is 127 Å². The Morgan fingerprint density at radius 1 is 0.500 bits per heavy atom. The summed E-state index contributed by atoms with van der Waals surface area (Å²) in [5.41, 5.74) is -1.35. The summed E-state index contributed by atoms with van der Waals surface area (Å²) in [6.45, 7) is 23.9. The standard InChI is InChI=1S/C69H65NO2/c1-37(2)69(68(12,13)14)58-36-60(41(6)33-55(58)56-32-39(4)42(7)44(9)65(56)69)70(49-27-28-51-50-22-17-18-25-61(50)71-62(51)34-49)59-29-26-47(31-40(59)5)54-35-57-64-46(11)63(48-21-19-20-38(3)30-48)52-23-15-16-24-53(52)67(64)72-66(57)45(10)43(54)8/h15-37H,1-14H3/i15D,16D,17D,18D,19D,20D,21D,22D,23D,24D,25D,26D,27D,28D,29D,30D,31D,32D,33D,34D,35D,36D,37D. The van der Waals surface area contributed by atoms with Crippen LogP contribution in [-0.4, -0.2) is 0 Å². The first-order valence-corrected chi connectivity index (χ1v) is 24.0. The second-order valence-electron chi connectivity index (χ2n) is 20.5. The average molecular weight is 963 g/mol. The lowest BCUT2D eigenvalue weighted by atomic mass is 9.55. The highest BCUT2D eigenvalue weighted by atomic mass is 16.3. The molecule has 11 aromatic rings. The molecule has 2 heterocycles. The van der Waals surface area contributed by atoms with Crippen molar-refractivity contribution < 1.29 is 40.4 Å². The largest absolute Gasteiger partial charge is 0.456 e. The first kappa shape index (κ1) is 26.9. The number of furan rings is 2. The van der Waals surface area contributed by atoms with Gasteiger partial charge in [0.25, 0.3) is 0 Å². The van der Waals surface area contributed by atoms with Crippen molar-refractivity contribution in [1.29, 1.82) is 0 Å². The van der Waals surface area contributed by atoms with Crippen molar-refractivity contribution in [2.75, 3.05) is 4.90 Å². The molecular formula is C69H65NO2. The summed E-state index contributed by atoms with van der Waals surface area (Å²) >= 11 is 0. The molecule has 0 saturated carbocycles. The van der Waals surface area contributed by atoms with Crippen molar-refractivity contribution in [3.8, 4) is 33.4 Å². The fourth-order valence-corrected chi connectivity index (χ4v) is 11.7. The lowest BCUT2D eigenvalue weighted by Gasteiger charge is -2.48. The maximum atomic E-state index is 10.9. The molecule has 3 nitrogen and oxygen atoms in total. The number of hydrogen-bond donors (Lipinski definition) is 0. The van der Waals surface area contributed by atoms with Crippen molar-refractivity contribution in [1.82, 2.24) is 0 Å². The molecule has 1 unspecified atom stereocenters. The zero-order valence-corrected chi connectivity index (χ0v) is 42.8. The van der Waals surface area contributed by atoms with Gasteiger partial charge in [-0.3, -0.25) is 0 Å². The second kappa shape index (κ2) is 16.1. The minimum Gasteiger partial charge on any atom is -0.456 e. The van der Waals surface area contributed by atoms with Crippen molar-refractivity contribution >= 4 is 71.7 Å². The lowest BCUT2D eigenvalue weighted by Crippen LogP contribution is -2.45. The van der Waals surface area contributed by atoms with Gasteiger partial charge in [-0.2, -0.15) is 0 Å². The summed E-state index contributed by atoms with van der Waals surface area (Å²) in [5, 5.41) is -0.799. The number of aryl methyl sites for hydroxylation is 2. The van der Waals surface area contributed by atoms with E-state index in [4.69, 9.17) is 19.8 Å². The Hall–Kier alpha value is -7.36. The molecule has 9 aromatic carbocycles. The molecule has 0 bridgehead atoms. The third-order valence-electron chi connectivity index (χ3n) is 15.2. The Kier molecular flexibility index (Phi) is 6.01. The third kappa shape index (κ3) is 6.35. The van der Waals surface area contributed by atoms with Crippen LogP contribution in [0.25, 0.3) is 88.0 Å². The van der Waals surface area contributed by atoms with Crippen molar-refractivity contribution in [2.45, 2.75) is 102 Å². The van der Waals surface area contributed by atoms with Crippen LogP contribution in [0.15, 0.2) is 142 Å². The van der Waals surface area contributed by atoms with Crippen LogP contribution in [0, 0.1) is 73.6 Å². The van der Waals surface area contributed by atoms with Crippen LogP contribution >= 0.6 is 0 Å². The van der Waals surface area contributed by atoms with E-state index < -0.39 is 136 Å². The molecule has 1 atom stereocenters. The SMILES string of the molecule is [2H]c1c([2H])c(C)c([2H])c(-c2c(C)c3c(oc4c(C)c(C)c(-c5c([2H])c([2H])c(N(c6c([2H])c7c(c([2H])c6C)-c6c([2H])c(C)c(C)c(C)c6C7(C([2H])(C)C)C(C)(C)C)c6c([2H])c([2H])c7c(oc8c([2H])c([2H])c([2H])c([2H])c87)c6[2H])c(C)c5[2H])c([2H])c43)c3c([2H])c([2H])c([2H])c([2H])c23)c1[2H]. The van der Waals surface area contributed by atoms with Crippen LogP contribution < -0.4 is 4.90 Å². The predicted molar refractivity (Wildman–Crippen MR) is 307 cm³/mol. The van der Waals surface area contributed by atoms with Gasteiger partial charge in [-0.25, -0.2) is 0 Å². The summed E-state index contributed by atoms with van der Waals surface area (Å²) < 4.78 is 233. The van der Waals surface area contributed by atoms with Crippen LogP contribution in [0.5, 0.6) is 0 Å². The normalized spacial score (nSPS) is 19.3. The van der Waals surface area contributed by atoms with Gasteiger partial charge in [0.05, 0.1) is 30.2 Å². The zero-order valence-electron chi connectivity index (χ0n) is 65.8. The second-order valence-corrected chi connectivity index (χ2v) is 20.5. The molecule has 0 aliphatic heterocycles. The van der Waals surface area contributed by atoms with Gasteiger partial charge in [-0.15, -0.1) is 0 Å². The lowest BCUT2D eigenvalue weighted by molar-refractivity contribution is 0.170. The van der Waals surface area contributed by atoms with Gasteiger partial charge < -0.3 is 13.7 Å². The predicted octanol–water partition coefficient (Wildman–Crippen LogP) is 20.2. The Morgan fingerprint density at radius 2 is 1.19 bits per heavy atom. The summed E-state index contributed by atoms with van der Waals surface area (Å²) in [5.74, 6) is -1.57. The Bertz CT molecular complexity index is 5400. The number of nitrogens with zero attached hydrogens (tertiary/aromatic N) is 1. The fourth-order valence-electron chi connectivity index (χ4n) is 11.7. The van der Waals surface area contributed by atoms with Crippen LogP contribution in [0.2, 0.25) is 0 Å². The quantitative estimate of drug-likeness (QED) is 0.166. The molecule has 1 aliphatic rings. The van der Waals surface area contributed by atoms with E-state index in [0.717, 1.165) is 16.0 Å². The number of fused-ring (bicyclic) bond motifs is 11. The van der Waals surface area contributed by atoms with Gasteiger partial charge >= 0.3 is 0 Å². The van der Waals surface area contributed by atoms with Gasteiger partial charge in [-0.05, 0) is 216 Å². The van der Waals surface area contributed by atoms with Crippen LogP contribution in [0.3, 0.4) is 0 Å². The molecule has 72 heavy (non-hydrogen) atoms. The summed E-state index contributed by atoms with van der Waals surface area (Å²) in [6.07, 6.45) is 0. The van der Waals surface area contributed by atoms with Crippen molar-refractivity contribution in [3.05, 3.63) is 194 Å². The summed E-state index contributed by atoms with van der Waals surface area (Å²) in [6, 6.07) is -11.8. The zero-order chi connectivity index (χ0) is 70.5. The molecular weight excluding hydrogens is 875 g/mol. The van der Waals surface area contributed by atoms with Gasteiger partial charge in [-0.1, -0.05) is 119 Å². The van der Waals surface area contributed by atoms with E-state index in [1.165, 1.54) is 20.8 Å². The molecule has 0 fully saturated rings. The highest BCUT2D eigenvalue weighted by Crippen LogP contribution is 2.63. The van der Waals surface area contributed by atoms with Gasteiger partial charge in [0, 0.05) is 56.8 Å². The average Bonchev–Trinajstić information content (AvgIpc) is 1.52. The summed E-state index contributed by atoms with van der Waals surface area (Å²) in [7, 11) is 0. The Labute approximate surface area is 457 Å². The van der Waals surface area contributed by atoms with E-state index in [1.807, 2.05) is 34.6 Å². The molecule has 0 radical (unpaired) electrons. The molecule has 3 heteroatoms. The van der Waals surface area contributed by atoms with Gasteiger partial charge in [0.15, 0.2) is 0 Å². The number of anilines is 3. The Morgan fingerprint density at radius 3 is 1.94 bits per heavy atom. The Balaban J connectivity index is 1.25. The van der Waals surface area contributed by atoms with E-state index in [1.54, 1.807) is 41.5 Å². The number of hydrogen-bond acceptors (Lipinski definition) is 3. The maximum absolute atomic E-state index is 10.9. The highest BCUT2D eigenvalue weighted by Gasteiger charge is 2.54. The minimum atomic E-state index is -1.57. The molecule has 0 amide bonds. The highest BCUT2D eigenvalue weighted by molar-refractivity contribution is 6.22. The number of para-hydroxylation sites is 1. The summed E-state index contributed by atoms with van der Waals surface area (Å²) in [4.78, 5) is 1.12. The van der Waals surface area contributed by atoms with Crippen molar-refractivity contribution in [2.24, 2.45) is 11.3 Å². The molecule has 358 valence electrons. The smallest absolute Gasteiger partial charge is 0.143 e.